The molecule has 3 aromatic rings. The van der Waals surface area contributed by atoms with E-state index in [9.17, 15) is 9.59 Å². The molecular weight excluding hydrogens is 364 g/mol. The average molecular weight is 380 g/mol. The second-order valence-corrected chi connectivity index (χ2v) is 6.77. The minimum absolute atomic E-state index is 0.0881. The van der Waals surface area contributed by atoms with E-state index in [2.05, 4.69) is 0 Å². The number of ether oxygens (including phenoxy) is 3. The maximum absolute atomic E-state index is 12.4. The van der Waals surface area contributed by atoms with E-state index in [-0.39, 0.29) is 18.5 Å². The topological polar surface area (TPSA) is 61.8 Å². The summed E-state index contributed by atoms with van der Waals surface area (Å²) in [6.07, 6.45) is -0.338. The molecule has 0 radical (unpaired) electrons. The van der Waals surface area contributed by atoms with Gasteiger partial charge in [0.15, 0.2) is 23.4 Å². The molecule has 0 saturated heterocycles. The third-order valence-corrected chi connectivity index (χ3v) is 4.83. The lowest BCUT2D eigenvalue weighted by molar-refractivity contribution is 0.0114. The Kier molecular flexibility index (Phi) is 4.89. The van der Waals surface area contributed by atoms with Crippen LogP contribution in [-0.2, 0) is 4.74 Å². The Balaban J connectivity index is 1.35. The van der Waals surface area contributed by atoms with Crippen molar-refractivity contribution in [1.82, 2.24) is 0 Å². The molecule has 1 aliphatic rings. The summed E-state index contributed by atoms with van der Waals surface area (Å²) in [5.74, 6) is 0.848. The number of thiophene rings is 1. The maximum atomic E-state index is 12.4. The smallest absolute Gasteiger partial charge is 0.338 e. The number of hydrogen-bond donors (Lipinski definition) is 0. The van der Waals surface area contributed by atoms with E-state index in [4.69, 9.17) is 14.2 Å². The third-order valence-electron chi connectivity index (χ3n) is 4.13. The Bertz CT molecular complexity index is 946. The molecule has 0 bridgehead atoms. The van der Waals surface area contributed by atoms with Gasteiger partial charge in [0.25, 0.3) is 0 Å². The minimum atomic E-state index is -0.464. The molecule has 5 nitrogen and oxygen atoms in total. The van der Waals surface area contributed by atoms with Crippen molar-refractivity contribution in [3.8, 4) is 11.5 Å². The summed E-state index contributed by atoms with van der Waals surface area (Å²) in [5.41, 5.74) is 1.51. The molecule has 0 N–H and O–H groups in total. The zero-order valence-corrected chi connectivity index (χ0v) is 15.1. The van der Waals surface area contributed by atoms with Crippen LogP contribution < -0.4 is 9.47 Å². The standard InChI is InChI=1S/C21H16O5S/c22-20(14-4-2-1-3-5-14)15-6-8-16(9-7-15)21(23)25-11-17-10-24-18-12-27-13-19(18)26-17/h1-9,12-13,17H,10-11H2. The number of fused-ring (bicyclic) bond motifs is 1. The fraction of sp³-hybridized carbons (Fsp3) is 0.143. The van der Waals surface area contributed by atoms with Crippen LogP contribution in [0.2, 0.25) is 0 Å². The maximum Gasteiger partial charge on any atom is 0.338 e. The van der Waals surface area contributed by atoms with Gasteiger partial charge in [0.05, 0.1) is 5.56 Å². The number of ketones is 1. The van der Waals surface area contributed by atoms with Crippen molar-refractivity contribution in [2.24, 2.45) is 0 Å². The van der Waals surface area contributed by atoms with Gasteiger partial charge in [-0.15, -0.1) is 11.3 Å². The summed E-state index contributed by atoms with van der Waals surface area (Å²) in [7, 11) is 0. The Labute approximate surface area is 160 Å². The summed E-state index contributed by atoms with van der Waals surface area (Å²) in [5, 5.41) is 3.72. The summed E-state index contributed by atoms with van der Waals surface area (Å²) >= 11 is 1.50. The van der Waals surface area contributed by atoms with E-state index in [0.29, 0.717) is 29.0 Å². The van der Waals surface area contributed by atoms with E-state index < -0.39 is 5.97 Å². The van der Waals surface area contributed by atoms with Crippen LogP contribution in [0.25, 0.3) is 0 Å². The molecule has 1 unspecified atom stereocenters. The highest BCUT2D eigenvalue weighted by atomic mass is 32.1. The van der Waals surface area contributed by atoms with Gasteiger partial charge in [-0.2, -0.15) is 0 Å². The Morgan fingerprint density at radius 1 is 0.926 bits per heavy atom. The zero-order chi connectivity index (χ0) is 18.6. The number of benzene rings is 2. The highest BCUT2D eigenvalue weighted by Gasteiger charge is 2.23. The van der Waals surface area contributed by atoms with Crippen LogP contribution >= 0.6 is 11.3 Å². The minimum Gasteiger partial charge on any atom is -0.485 e. The van der Waals surface area contributed by atoms with Gasteiger partial charge in [0, 0.05) is 21.9 Å². The van der Waals surface area contributed by atoms with Crippen molar-refractivity contribution in [1.29, 1.82) is 0 Å². The van der Waals surface area contributed by atoms with Crippen LogP contribution in [-0.4, -0.2) is 31.1 Å². The Morgan fingerprint density at radius 3 is 2.37 bits per heavy atom. The largest absolute Gasteiger partial charge is 0.485 e. The van der Waals surface area contributed by atoms with Crippen molar-refractivity contribution < 1.29 is 23.8 Å². The number of hydrogen-bond acceptors (Lipinski definition) is 6. The van der Waals surface area contributed by atoms with Gasteiger partial charge >= 0.3 is 5.97 Å². The van der Waals surface area contributed by atoms with Crippen molar-refractivity contribution in [2.75, 3.05) is 13.2 Å². The van der Waals surface area contributed by atoms with Gasteiger partial charge in [-0.25, -0.2) is 4.79 Å². The highest BCUT2D eigenvalue weighted by molar-refractivity contribution is 7.08. The second kappa shape index (κ2) is 7.63. The third kappa shape index (κ3) is 3.85. The molecule has 1 aromatic heterocycles. The number of rotatable bonds is 5. The highest BCUT2D eigenvalue weighted by Crippen LogP contribution is 2.35. The summed E-state index contributed by atoms with van der Waals surface area (Å²) in [6.45, 7) is 0.431. The lowest BCUT2D eigenvalue weighted by atomic mass is 10.0. The molecule has 0 saturated carbocycles. The van der Waals surface area contributed by atoms with Crippen LogP contribution in [0.4, 0.5) is 0 Å². The van der Waals surface area contributed by atoms with Crippen molar-refractivity contribution in [3.05, 3.63) is 82.0 Å². The molecule has 136 valence electrons. The van der Waals surface area contributed by atoms with E-state index in [1.807, 2.05) is 29.0 Å². The quantitative estimate of drug-likeness (QED) is 0.495. The number of esters is 1. The van der Waals surface area contributed by atoms with E-state index in [1.165, 1.54) is 11.3 Å². The molecule has 0 aliphatic carbocycles. The molecule has 27 heavy (non-hydrogen) atoms. The Morgan fingerprint density at radius 2 is 1.59 bits per heavy atom. The summed E-state index contributed by atoms with van der Waals surface area (Å²) in [4.78, 5) is 24.6. The Hall–Kier alpha value is -3.12. The number of carbonyl (C=O) groups excluding carboxylic acids is 2. The van der Waals surface area contributed by atoms with Gasteiger partial charge in [0.2, 0.25) is 0 Å². The second-order valence-electron chi connectivity index (χ2n) is 6.02. The fourth-order valence-corrected chi connectivity index (χ4v) is 3.38. The number of carbonyl (C=O) groups is 2. The van der Waals surface area contributed by atoms with Crippen LogP contribution in [0.5, 0.6) is 11.5 Å². The van der Waals surface area contributed by atoms with Crippen LogP contribution in [0, 0.1) is 0 Å². The van der Waals surface area contributed by atoms with Gasteiger partial charge in [-0.3, -0.25) is 4.79 Å². The van der Waals surface area contributed by atoms with Crippen molar-refractivity contribution in [2.45, 2.75) is 6.10 Å². The average Bonchev–Trinajstić information content (AvgIpc) is 3.20. The van der Waals surface area contributed by atoms with E-state index in [0.717, 1.165) is 5.75 Å². The van der Waals surface area contributed by atoms with Crippen molar-refractivity contribution >= 4 is 23.1 Å². The van der Waals surface area contributed by atoms with Crippen LogP contribution in [0.1, 0.15) is 26.3 Å². The molecular formula is C21H16O5S. The van der Waals surface area contributed by atoms with Gasteiger partial charge in [-0.05, 0) is 12.1 Å². The van der Waals surface area contributed by atoms with Crippen LogP contribution in [0.15, 0.2) is 65.4 Å². The van der Waals surface area contributed by atoms with Gasteiger partial charge in [0.1, 0.15) is 13.2 Å². The molecule has 2 heterocycles. The molecule has 0 fully saturated rings. The zero-order valence-electron chi connectivity index (χ0n) is 14.3. The fourth-order valence-electron chi connectivity index (χ4n) is 2.71. The van der Waals surface area contributed by atoms with Crippen molar-refractivity contribution in [3.63, 3.8) is 0 Å². The summed E-state index contributed by atoms with van der Waals surface area (Å²) in [6, 6.07) is 15.4. The molecule has 0 amide bonds. The van der Waals surface area contributed by atoms with Crippen LogP contribution in [0.3, 0.4) is 0 Å². The lowest BCUT2D eigenvalue weighted by Gasteiger charge is -2.24. The first kappa shape index (κ1) is 17.3. The van der Waals surface area contributed by atoms with E-state index in [1.54, 1.807) is 36.4 Å². The molecule has 2 aromatic carbocycles. The predicted octanol–water partition coefficient (Wildman–Crippen LogP) is 3.98. The first-order chi connectivity index (χ1) is 13.2. The predicted molar refractivity (Wildman–Crippen MR) is 101 cm³/mol. The molecule has 1 aliphatic heterocycles. The van der Waals surface area contributed by atoms with Gasteiger partial charge < -0.3 is 14.2 Å². The normalized spacial score (nSPS) is 15.2. The molecule has 6 heteroatoms. The monoisotopic (exact) mass is 380 g/mol. The molecule has 0 spiro atoms. The first-order valence-corrected chi connectivity index (χ1v) is 9.37. The van der Waals surface area contributed by atoms with E-state index >= 15 is 0 Å². The lowest BCUT2D eigenvalue weighted by Crippen LogP contribution is -2.33. The molecule has 4 rings (SSSR count). The molecule has 1 atom stereocenters. The SMILES string of the molecule is O=C(OCC1COc2cscc2O1)c1ccc(C(=O)c2ccccc2)cc1. The van der Waals surface area contributed by atoms with Gasteiger partial charge in [-0.1, -0.05) is 42.5 Å². The first-order valence-electron chi connectivity index (χ1n) is 8.43. The summed E-state index contributed by atoms with van der Waals surface area (Å²) < 4.78 is 16.6.